The monoisotopic (exact) mass is 399 g/mol. The smallest absolute Gasteiger partial charge is 0.308 e. The van der Waals surface area contributed by atoms with Crippen LogP contribution in [-0.2, 0) is 16.0 Å². The van der Waals surface area contributed by atoms with Crippen LogP contribution >= 0.6 is 0 Å². The van der Waals surface area contributed by atoms with E-state index in [-0.39, 0.29) is 18.4 Å². The van der Waals surface area contributed by atoms with E-state index in [9.17, 15) is 14.7 Å². The van der Waals surface area contributed by atoms with Crippen molar-refractivity contribution in [1.29, 1.82) is 0 Å². The Morgan fingerprint density at radius 3 is 2.41 bits per heavy atom. The van der Waals surface area contributed by atoms with E-state index in [0.29, 0.717) is 18.8 Å². The highest BCUT2D eigenvalue weighted by Gasteiger charge is 2.31. The lowest BCUT2D eigenvalue weighted by molar-refractivity contribution is -0.143. The summed E-state index contributed by atoms with van der Waals surface area (Å²) >= 11 is 0. The topological polar surface area (TPSA) is 110 Å². The number of carboxylic acids is 1. The second kappa shape index (κ2) is 8.71. The standard InChI is InChI=1S/C21H29N5O3/c1-12-10-13(2)23-21(22-12)26-15(4)17(14(3)25-26)11-19(27)24-18-9-7-5-6-8-16(18)20(28)29/h10,16,18H,5-9,11H2,1-4H3,(H,24,27)(H,28,29)/t16-,18+/m1/s1. The van der Waals surface area contributed by atoms with Crippen LogP contribution in [0.4, 0.5) is 0 Å². The van der Waals surface area contributed by atoms with Gasteiger partial charge in [-0.15, -0.1) is 0 Å². The first-order valence-electron chi connectivity index (χ1n) is 10.2. The van der Waals surface area contributed by atoms with Crippen molar-refractivity contribution in [3.8, 4) is 5.95 Å². The minimum absolute atomic E-state index is 0.158. The van der Waals surface area contributed by atoms with Crippen molar-refractivity contribution in [2.75, 3.05) is 0 Å². The number of aliphatic carboxylic acids is 1. The van der Waals surface area contributed by atoms with Crippen molar-refractivity contribution in [3.05, 3.63) is 34.4 Å². The molecule has 2 aromatic heterocycles. The highest BCUT2D eigenvalue weighted by atomic mass is 16.4. The van der Waals surface area contributed by atoms with Gasteiger partial charge < -0.3 is 10.4 Å². The van der Waals surface area contributed by atoms with E-state index >= 15 is 0 Å². The molecular formula is C21H29N5O3. The van der Waals surface area contributed by atoms with Crippen molar-refractivity contribution >= 4 is 11.9 Å². The molecule has 0 unspecified atom stereocenters. The molecule has 2 atom stereocenters. The molecule has 2 aromatic rings. The summed E-state index contributed by atoms with van der Waals surface area (Å²) in [6.07, 6.45) is 4.32. The maximum Gasteiger partial charge on any atom is 0.308 e. The van der Waals surface area contributed by atoms with Gasteiger partial charge in [-0.2, -0.15) is 5.10 Å². The van der Waals surface area contributed by atoms with Crippen LogP contribution in [0.5, 0.6) is 0 Å². The van der Waals surface area contributed by atoms with Crippen LogP contribution in [0.3, 0.4) is 0 Å². The van der Waals surface area contributed by atoms with Gasteiger partial charge in [0.25, 0.3) is 5.95 Å². The number of nitrogens with zero attached hydrogens (tertiary/aromatic N) is 4. The van der Waals surface area contributed by atoms with Gasteiger partial charge in [0.1, 0.15) is 0 Å². The van der Waals surface area contributed by atoms with E-state index in [0.717, 1.165) is 47.6 Å². The number of amides is 1. The van der Waals surface area contributed by atoms with Crippen LogP contribution in [0, 0.1) is 33.6 Å². The molecule has 1 fully saturated rings. The molecule has 0 aromatic carbocycles. The maximum atomic E-state index is 12.7. The van der Waals surface area contributed by atoms with E-state index in [1.54, 1.807) is 4.68 Å². The molecule has 0 saturated heterocycles. The van der Waals surface area contributed by atoms with E-state index in [1.165, 1.54) is 0 Å². The SMILES string of the molecule is Cc1cc(C)nc(-n2nc(C)c(CC(=O)N[C@H]3CCCCC[C@H]3C(=O)O)c2C)n1. The van der Waals surface area contributed by atoms with E-state index < -0.39 is 11.9 Å². The fraction of sp³-hybridized carbons (Fsp3) is 0.571. The van der Waals surface area contributed by atoms with Crippen molar-refractivity contribution in [2.45, 2.75) is 72.3 Å². The van der Waals surface area contributed by atoms with Gasteiger partial charge >= 0.3 is 5.97 Å². The molecule has 2 N–H and O–H groups in total. The van der Waals surface area contributed by atoms with Gasteiger partial charge in [0.05, 0.1) is 18.0 Å². The number of hydrogen-bond acceptors (Lipinski definition) is 5. The lowest BCUT2D eigenvalue weighted by Gasteiger charge is -2.23. The molecule has 0 spiro atoms. The minimum atomic E-state index is -0.829. The van der Waals surface area contributed by atoms with Gasteiger partial charge in [0.15, 0.2) is 0 Å². The van der Waals surface area contributed by atoms with Crippen molar-refractivity contribution in [3.63, 3.8) is 0 Å². The summed E-state index contributed by atoms with van der Waals surface area (Å²) in [5.41, 5.74) is 4.10. The van der Waals surface area contributed by atoms with Gasteiger partial charge in [0.2, 0.25) is 5.91 Å². The summed E-state index contributed by atoms with van der Waals surface area (Å²) in [4.78, 5) is 33.3. The average molecular weight is 399 g/mol. The van der Waals surface area contributed by atoms with E-state index in [4.69, 9.17) is 0 Å². The second-order valence-corrected chi connectivity index (χ2v) is 7.95. The summed E-state index contributed by atoms with van der Waals surface area (Å²) in [6.45, 7) is 7.57. The van der Waals surface area contributed by atoms with Crippen molar-refractivity contribution < 1.29 is 14.7 Å². The highest BCUT2D eigenvalue weighted by molar-refractivity contribution is 5.80. The summed E-state index contributed by atoms with van der Waals surface area (Å²) in [5.74, 6) is -1.03. The third kappa shape index (κ3) is 4.81. The molecule has 2 heterocycles. The van der Waals surface area contributed by atoms with Gasteiger partial charge in [-0.25, -0.2) is 14.6 Å². The van der Waals surface area contributed by atoms with Crippen LogP contribution in [0.2, 0.25) is 0 Å². The fourth-order valence-corrected chi connectivity index (χ4v) is 4.12. The molecule has 1 saturated carbocycles. The van der Waals surface area contributed by atoms with Gasteiger partial charge in [-0.1, -0.05) is 19.3 Å². The average Bonchev–Trinajstić information content (AvgIpc) is 2.81. The first-order valence-corrected chi connectivity index (χ1v) is 10.2. The Hall–Kier alpha value is -2.77. The molecule has 8 heteroatoms. The number of hydrogen-bond donors (Lipinski definition) is 2. The number of carboxylic acid groups (broad SMARTS) is 1. The number of nitrogens with one attached hydrogen (secondary N) is 1. The fourth-order valence-electron chi connectivity index (χ4n) is 4.12. The molecular weight excluding hydrogens is 370 g/mol. The number of carbonyl (C=O) groups excluding carboxylic acids is 1. The predicted octanol–water partition coefficient (Wildman–Crippen LogP) is 2.59. The molecule has 1 amide bonds. The quantitative estimate of drug-likeness (QED) is 0.748. The largest absolute Gasteiger partial charge is 0.481 e. The van der Waals surface area contributed by atoms with E-state index in [1.807, 2.05) is 33.8 Å². The second-order valence-electron chi connectivity index (χ2n) is 7.95. The van der Waals surface area contributed by atoms with Gasteiger partial charge in [0, 0.05) is 28.7 Å². The Bertz CT molecular complexity index is 901. The Morgan fingerprint density at radius 1 is 1.10 bits per heavy atom. The molecule has 156 valence electrons. The summed E-state index contributed by atoms with van der Waals surface area (Å²) in [6, 6.07) is 1.58. The van der Waals surface area contributed by atoms with Crippen molar-refractivity contribution in [1.82, 2.24) is 25.1 Å². The number of aromatic nitrogens is 4. The van der Waals surface area contributed by atoms with Gasteiger partial charge in [-0.05, 0) is 46.6 Å². The number of aryl methyl sites for hydroxylation is 3. The Labute approximate surface area is 170 Å². The predicted molar refractivity (Wildman–Crippen MR) is 108 cm³/mol. The normalized spacial score (nSPS) is 19.6. The molecule has 29 heavy (non-hydrogen) atoms. The third-order valence-electron chi connectivity index (χ3n) is 5.62. The molecule has 1 aliphatic rings. The first-order chi connectivity index (χ1) is 13.8. The molecule has 0 radical (unpaired) electrons. The lowest BCUT2D eigenvalue weighted by atomic mass is 9.94. The Morgan fingerprint density at radius 2 is 1.76 bits per heavy atom. The van der Waals surface area contributed by atoms with Gasteiger partial charge in [-0.3, -0.25) is 9.59 Å². The van der Waals surface area contributed by atoms with Crippen LogP contribution in [0.25, 0.3) is 5.95 Å². The van der Waals surface area contributed by atoms with E-state index in [2.05, 4.69) is 20.4 Å². The lowest BCUT2D eigenvalue weighted by Crippen LogP contribution is -2.43. The number of carbonyl (C=O) groups is 2. The number of rotatable bonds is 5. The zero-order valence-electron chi connectivity index (χ0n) is 17.5. The van der Waals surface area contributed by atoms with Crippen LogP contribution < -0.4 is 5.32 Å². The van der Waals surface area contributed by atoms with Crippen LogP contribution in [-0.4, -0.2) is 42.8 Å². The zero-order chi connectivity index (χ0) is 21.1. The van der Waals surface area contributed by atoms with Crippen LogP contribution in [0.15, 0.2) is 6.07 Å². The first kappa shape index (κ1) is 21.0. The summed E-state index contributed by atoms with van der Waals surface area (Å²) in [7, 11) is 0. The molecule has 3 rings (SSSR count). The third-order valence-corrected chi connectivity index (χ3v) is 5.62. The molecule has 8 nitrogen and oxygen atoms in total. The highest BCUT2D eigenvalue weighted by Crippen LogP contribution is 2.24. The molecule has 1 aliphatic carbocycles. The minimum Gasteiger partial charge on any atom is -0.481 e. The summed E-state index contributed by atoms with van der Waals surface area (Å²) in [5, 5.41) is 17.0. The Balaban J connectivity index is 1.78. The maximum absolute atomic E-state index is 12.7. The van der Waals surface area contributed by atoms with Crippen LogP contribution in [0.1, 0.15) is 60.4 Å². The molecule has 0 aliphatic heterocycles. The summed E-state index contributed by atoms with van der Waals surface area (Å²) < 4.78 is 1.67. The zero-order valence-corrected chi connectivity index (χ0v) is 17.5. The Kier molecular flexibility index (Phi) is 6.30. The van der Waals surface area contributed by atoms with Crippen molar-refractivity contribution in [2.24, 2.45) is 5.92 Å². The molecule has 0 bridgehead atoms.